The van der Waals surface area contributed by atoms with E-state index < -0.39 is 41.4 Å². The molecule has 5 N–H and O–H groups in total. The summed E-state index contributed by atoms with van der Waals surface area (Å²) in [7, 11) is 0. The van der Waals surface area contributed by atoms with Gasteiger partial charge in [-0.25, -0.2) is 4.39 Å². The first-order valence-electron chi connectivity index (χ1n) is 14.3. The average molecular weight is 607 g/mol. The van der Waals surface area contributed by atoms with Gasteiger partial charge < -0.3 is 26.2 Å². The molecule has 1 aliphatic carbocycles. The minimum absolute atomic E-state index is 0.0877. The molecule has 2 aromatic carbocycles. The van der Waals surface area contributed by atoms with E-state index in [-0.39, 0.29) is 28.2 Å². The Bertz CT molecular complexity index is 1320. The highest BCUT2D eigenvalue weighted by molar-refractivity contribution is 6.31. The van der Waals surface area contributed by atoms with Gasteiger partial charge in [-0.1, -0.05) is 56.1 Å². The van der Waals surface area contributed by atoms with E-state index in [4.69, 9.17) is 23.2 Å². The number of benzene rings is 2. The summed E-state index contributed by atoms with van der Waals surface area (Å²) in [6.45, 7) is 6.61. The number of amides is 2. The zero-order valence-electron chi connectivity index (χ0n) is 23.5. The van der Waals surface area contributed by atoms with Gasteiger partial charge in [-0.15, -0.1) is 0 Å². The van der Waals surface area contributed by atoms with Crippen LogP contribution in [0.2, 0.25) is 10.0 Å². The molecule has 1 saturated heterocycles. The number of hydrogen-bond donors (Lipinski definition) is 5. The van der Waals surface area contributed by atoms with Crippen molar-refractivity contribution < 1.29 is 24.2 Å². The van der Waals surface area contributed by atoms with Crippen LogP contribution in [-0.4, -0.2) is 52.9 Å². The van der Waals surface area contributed by atoms with Crippen LogP contribution >= 0.6 is 23.2 Å². The molecular formula is C31H38Cl2FN3O4. The summed E-state index contributed by atoms with van der Waals surface area (Å²) in [6.07, 6.45) is 1.74. The molecule has 1 spiro atoms. The Morgan fingerprint density at radius 2 is 1.85 bits per heavy atom. The predicted molar refractivity (Wildman–Crippen MR) is 158 cm³/mol. The number of rotatable bonds is 7. The van der Waals surface area contributed by atoms with E-state index in [1.807, 2.05) is 6.07 Å². The molecule has 5 rings (SSSR count). The number of carbonyl (C=O) groups excluding carboxylic acids is 2. The molecule has 3 aliphatic rings. The minimum Gasteiger partial charge on any atom is -0.390 e. The van der Waals surface area contributed by atoms with Crippen molar-refractivity contribution in [2.45, 2.75) is 88.5 Å². The van der Waals surface area contributed by atoms with Crippen LogP contribution in [0.4, 0.5) is 10.1 Å². The first kappa shape index (κ1) is 30.2. The maximum absolute atomic E-state index is 15.0. The highest BCUT2D eigenvalue weighted by Gasteiger charge is 2.65. The number of halogens is 3. The van der Waals surface area contributed by atoms with Gasteiger partial charge in [0.1, 0.15) is 11.2 Å². The lowest BCUT2D eigenvalue weighted by atomic mass is 9.62. The van der Waals surface area contributed by atoms with E-state index in [9.17, 15) is 19.8 Å². The van der Waals surface area contributed by atoms with Crippen LogP contribution < -0.4 is 16.0 Å². The summed E-state index contributed by atoms with van der Waals surface area (Å²) >= 11 is 12.5. The molecule has 1 saturated carbocycles. The minimum atomic E-state index is -1.29. The molecule has 2 aliphatic heterocycles. The van der Waals surface area contributed by atoms with E-state index in [0.29, 0.717) is 54.1 Å². The molecule has 0 bridgehead atoms. The third kappa shape index (κ3) is 5.74. The molecule has 2 fully saturated rings. The number of fused-ring (bicyclic) bond motifs is 2. The standard InChI is InChI=1S/C31H38Cl2FN3O4/c1-30(2,3)15-25-31(19-13-21(34)20(33)14-22(19)36-29(31)41)26(17-7-4-8-18(32)12-17)27(37-25)28(40)35-9-5-6-16-10-23(38)24(39)11-16/h4,7-8,12-14,16,23-27,37-39H,5-6,9-11,15H2,1-3H3,(H,35,40)(H,36,41)/t23-,24-,25+,26-,27+,31-/m0/s1. The average Bonchev–Trinajstić information content (AvgIpc) is 3.48. The van der Waals surface area contributed by atoms with Crippen molar-refractivity contribution in [3.05, 3.63) is 63.4 Å². The van der Waals surface area contributed by atoms with Gasteiger partial charge in [-0.05, 0) is 78.8 Å². The smallest absolute Gasteiger partial charge is 0.237 e. The van der Waals surface area contributed by atoms with E-state index in [2.05, 4.69) is 36.7 Å². The fourth-order valence-electron chi connectivity index (χ4n) is 7.18. The van der Waals surface area contributed by atoms with E-state index in [1.165, 1.54) is 12.1 Å². The number of hydrogen-bond acceptors (Lipinski definition) is 5. The second-order valence-corrected chi connectivity index (χ2v) is 13.9. The first-order valence-corrected chi connectivity index (χ1v) is 15.0. The highest BCUT2D eigenvalue weighted by atomic mass is 35.5. The van der Waals surface area contributed by atoms with Crippen molar-refractivity contribution >= 4 is 40.7 Å². The van der Waals surface area contributed by atoms with Crippen molar-refractivity contribution in [2.24, 2.45) is 11.3 Å². The SMILES string of the molecule is CC(C)(C)C[C@H]1N[C@@H](C(=O)NCCCC2C[C@H](O)[C@@H](O)C2)[C@H](c2cccc(Cl)c2)[C@@]12C(=O)Nc1cc(Cl)c(F)cc12. The van der Waals surface area contributed by atoms with E-state index in [0.717, 1.165) is 6.42 Å². The monoisotopic (exact) mass is 605 g/mol. The van der Waals surface area contributed by atoms with Crippen molar-refractivity contribution in [2.75, 3.05) is 11.9 Å². The summed E-state index contributed by atoms with van der Waals surface area (Å²) in [5.74, 6) is -1.67. The molecular weight excluding hydrogens is 568 g/mol. The van der Waals surface area contributed by atoms with Gasteiger partial charge in [0.25, 0.3) is 0 Å². The molecule has 0 aromatic heterocycles. The molecule has 0 unspecified atom stereocenters. The second kappa shape index (κ2) is 11.5. The Kier molecular flexibility index (Phi) is 8.45. The Balaban J connectivity index is 1.51. The van der Waals surface area contributed by atoms with Crippen LogP contribution in [0.5, 0.6) is 0 Å². The maximum Gasteiger partial charge on any atom is 0.237 e. The lowest BCUT2D eigenvalue weighted by Crippen LogP contribution is -2.49. The molecule has 2 aromatic rings. The Morgan fingerprint density at radius 3 is 2.51 bits per heavy atom. The maximum atomic E-state index is 15.0. The van der Waals surface area contributed by atoms with Gasteiger partial charge in [0.05, 0.1) is 23.3 Å². The Labute approximate surface area is 250 Å². The Hall–Kier alpha value is -2.23. The lowest BCUT2D eigenvalue weighted by Gasteiger charge is -2.37. The number of aliphatic hydroxyl groups is 2. The molecule has 222 valence electrons. The number of carbonyl (C=O) groups is 2. The Morgan fingerprint density at radius 1 is 1.15 bits per heavy atom. The van der Waals surface area contributed by atoms with Crippen molar-refractivity contribution in [3.8, 4) is 0 Å². The lowest BCUT2D eigenvalue weighted by molar-refractivity contribution is -0.123. The quantitative estimate of drug-likeness (QED) is 0.288. The topological polar surface area (TPSA) is 111 Å². The number of aliphatic hydroxyl groups excluding tert-OH is 2. The van der Waals surface area contributed by atoms with E-state index >= 15 is 4.39 Å². The molecule has 41 heavy (non-hydrogen) atoms. The largest absolute Gasteiger partial charge is 0.390 e. The van der Waals surface area contributed by atoms with Crippen LogP contribution in [-0.2, 0) is 15.0 Å². The summed E-state index contributed by atoms with van der Waals surface area (Å²) in [6, 6.07) is 8.62. The summed E-state index contributed by atoms with van der Waals surface area (Å²) in [5.41, 5.74) is 0.102. The van der Waals surface area contributed by atoms with E-state index in [1.54, 1.807) is 18.2 Å². The van der Waals surface area contributed by atoms with Crippen LogP contribution in [0.25, 0.3) is 0 Å². The van der Waals surface area contributed by atoms with Crippen molar-refractivity contribution in [1.29, 1.82) is 0 Å². The summed E-state index contributed by atoms with van der Waals surface area (Å²) < 4.78 is 15.0. The second-order valence-electron chi connectivity index (χ2n) is 13.0. The van der Waals surface area contributed by atoms with Gasteiger partial charge in [-0.3, -0.25) is 9.59 Å². The van der Waals surface area contributed by atoms with Crippen LogP contribution in [0.3, 0.4) is 0 Å². The van der Waals surface area contributed by atoms with Gasteiger partial charge in [0, 0.05) is 29.2 Å². The van der Waals surface area contributed by atoms with Crippen molar-refractivity contribution in [1.82, 2.24) is 10.6 Å². The third-order valence-electron chi connectivity index (χ3n) is 8.87. The van der Waals surface area contributed by atoms with Gasteiger partial charge in [0.2, 0.25) is 11.8 Å². The normalized spacial score (nSPS) is 29.7. The van der Waals surface area contributed by atoms with Crippen LogP contribution in [0.15, 0.2) is 36.4 Å². The molecule has 2 heterocycles. The summed E-state index contributed by atoms with van der Waals surface area (Å²) in [5, 5.41) is 29.6. The number of anilines is 1. The van der Waals surface area contributed by atoms with Gasteiger partial charge in [-0.2, -0.15) is 0 Å². The summed E-state index contributed by atoms with van der Waals surface area (Å²) in [4.78, 5) is 28.0. The predicted octanol–water partition coefficient (Wildman–Crippen LogP) is 4.91. The zero-order chi connectivity index (χ0) is 29.7. The fraction of sp³-hybridized carbons (Fsp3) is 0.548. The number of nitrogens with one attached hydrogen (secondary N) is 3. The highest BCUT2D eigenvalue weighted by Crippen LogP contribution is 2.57. The fourth-order valence-corrected chi connectivity index (χ4v) is 7.54. The third-order valence-corrected chi connectivity index (χ3v) is 9.40. The molecule has 6 atom stereocenters. The molecule has 7 nitrogen and oxygen atoms in total. The zero-order valence-corrected chi connectivity index (χ0v) is 25.0. The van der Waals surface area contributed by atoms with Gasteiger partial charge >= 0.3 is 0 Å². The van der Waals surface area contributed by atoms with Gasteiger partial charge in [0.15, 0.2) is 0 Å². The molecule has 0 radical (unpaired) electrons. The van der Waals surface area contributed by atoms with Crippen LogP contribution in [0, 0.1) is 17.2 Å². The molecule has 2 amide bonds. The van der Waals surface area contributed by atoms with Crippen LogP contribution in [0.1, 0.15) is 69.9 Å². The first-order chi connectivity index (χ1) is 19.3. The molecule has 10 heteroatoms. The van der Waals surface area contributed by atoms with Crippen molar-refractivity contribution in [3.63, 3.8) is 0 Å².